The average molecular weight is 544 g/mol. The Morgan fingerprint density at radius 1 is 0.775 bits per heavy atom. The lowest BCUT2D eigenvalue weighted by Gasteiger charge is -2.14. The summed E-state index contributed by atoms with van der Waals surface area (Å²) in [5.41, 5.74) is 3.70. The van der Waals surface area contributed by atoms with Crippen molar-refractivity contribution in [3.8, 4) is 23.0 Å². The van der Waals surface area contributed by atoms with Crippen LogP contribution in [0.2, 0.25) is 0 Å². The minimum Gasteiger partial charge on any atom is -0.493 e. The van der Waals surface area contributed by atoms with Crippen LogP contribution in [0.3, 0.4) is 0 Å². The quantitative estimate of drug-likeness (QED) is 0.129. The summed E-state index contributed by atoms with van der Waals surface area (Å²) in [7, 11) is 4.35. The van der Waals surface area contributed by atoms with Crippen LogP contribution < -0.4 is 29.7 Å². The minimum atomic E-state index is -0.669. The molecule has 11 heteroatoms. The summed E-state index contributed by atoms with van der Waals surface area (Å²) < 4.78 is 26.5. The molecule has 0 bridgehead atoms. The fraction of sp³-hybridized carbons (Fsp3) is 0.103. The number of rotatable bonds is 10. The lowest BCUT2D eigenvalue weighted by Crippen LogP contribution is -2.18. The van der Waals surface area contributed by atoms with Crippen molar-refractivity contribution in [3.05, 3.63) is 102 Å². The molecule has 40 heavy (non-hydrogen) atoms. The number of furan rings is 1. The van der Waals surface area contributed by atoms with Gasteiger partial charge in [-0.25, -0.2) is 10.2 Å². The zero-order valence-corrected chi connectivity index (χ0v) is 21.8. The standard InChI is InChI=1S/C29H25N3O8/c1-36-24-15-20(16-25(37-2)26(24)38-3)29(35)40-22-11-5-4-8-19(22)17-30-32-27(33)18-9-6-10-21(14-18)31-28(34)23-12-7-13-39-23/h4-17H,1-3H3,(H,31,34)(H,32,33). The van der Waals surface area contributed by atoms with Gasteiger partial charge in [-0.15, -0.1) is 0 Å². The molecule has 2 N–H and O–H groups in total. The Bertz CT molecular complexity index is 1520. The number of carbonyl (C=O) groups is 3. The molecule has 0 atom stereocenters. The maximum atomic E-state index is 12.9. The third-order valence-electron chi connectivity index (χ3n) is 5.52. The number of methoxy groups -OCH3 is 3. The molecule has 1 aromatic heterocycles. The highest BCUT2D eigenvalue weighted by Gasteiger charge is 2.19. The van der Waals surface area contributed by atoms with E-state index < -0.39 is 17.8 Å². The number of carbonyl (C=O) groups excluding carboxylic acids is 3. The Kier molecular flexibility index (Phi) is 8.77. The molecule has 0 saturated heterocycles. The topological polar surface area (TPSA) is 138 Å². The molecule has 0 aliphatic carbocycles. The lowest BCUT2D eigenvalue weighted by molar-refractivity contribution is 0.0733. The molecule has 4 rings (SSSR count). The van der Waals surface area contributed by atoms with E-state index >= 15 is 0 Å². The Morgan fingerprint density at radius 3 is 2.20 bits per heavy atom. The van der Waals surface area contributed by atoms with Crippen LogP contribution in [0.1, 0.15) is 36.8 Å². The van der Waals surface area contributed by atoms with Gasteiger partial charge in [0.05, 0.1) is 39.4 Å². The van der Waals surface area contributed by atoms with Crippen molar-refractivity contribution in [3.63, 3.8) is 0 Å². The fourth-order valence-electron chi connectivity index (χ4n) is 3.60. The molecular weight excluding hydrogens is 518 g/mol. The maximum absolute atomic E-state index is 12.9. The van der Waals surface area contributed by atoms with Crippen LogP contribution in [-0.2, 0) is 0 Å². The van der Waals surface area contributed by atoms with Gasteiger partial charge < -0.3 is 28.7 Å². The van der Waals surface area contributed by atoms with Crippen molar-refractivity contribution in [2.24, 2.45) is 5.10 Å². The van der Waals surface area contributed by atoms with Crippen molar-refractivity contribution in [2.45, 2.75) is 0 Å². The highest BCUT2D eigenvalue weighted by molar-refractivity contribution is 6.03. The first-order valence-corrected chi connectivity index (χ1v) is 11.8. The summed E-state index contributed by atoms with van der Waals surface area (Å²) in [5, 5.41) is 6.65. The molecule has 4 aromatic rings. The Morgan fingerprint density at radius 2 is 1.52 bits per heavy atom. The van der Waals surface area contributed by atoms with Gasteiger partial charge in [-0.05, 0) is 54.6 Å². The van der Waals surface area contributed by atoms with E-state index in [1.807, 2.05) is 0 Å². The summed E-state index contributed by atoms with van der Waals surface area (Å²) >= 11 is 0. The SMILES string of the molecule is COc1cc(C(=O)Oc2ccccc2C=NNC(=O)c2cccc(NC(=O)c3ccco3)c2)cc(OC)c1OC. The molecule has 0 radical (unpaired) electrons. The zero-order valence-electron chi connectivity index (χ0n) is 21.8. The van der Waals surface area contributed by atoms with E-state index in [1.54, 1.807) is 48.5 Å². The van der Waals surface area contributed by atoms with Crippen LogP contribution in [0.4, 0.5) is 5.69 Å². The van der Waals surface area contributed by atoms with Gasteiger partial charge in [0.15, 0.2) is 17.3 Å². The number of nitrogens with zero attached hydrogens (tertiary/aromatic N) is 1. The highest BCUT2D eigenvalue weighted by atomic mass is 16.5. The molecule has 2 amide bonds. The van der Waals surface area contributed by atoms with Gasteiger partial charge in [0.25, 0.3) is 11.8 Å². The second-order valence-electron chi connectivity index (χ2n) is 8.05. The monoisotopic (exact) mass is 543 g/mol. The van der Waals surface area contributed by atoms with E-state index in [0.717, 1.165) is 0 Å². The van der Waals surface area contributed by atoms with Crippen molar-refractivity contribution in [2.75, 3.05) is 26.6 Å². The fourth-order valence-corrected chi connectivity index (χ4v) is 3.60. The third kappa shape index (κ3) is 6.45. The molecule has 0 fully saturated rings. The third-order valence-corrected chi connectivity index (χ3v) is 5.52. The van der Waals surface area contributed by atoms with Crippen molar-refractivity contribution in [1.82, 2.24) is 5.43 Å². The average Bonchev–Trinajstić information content (AvgIpc) is 3.53. The van der Waals surface area contributed by atoms with Gasteiger partial charge in [0, 0.05) is 16.8 Å². The second kappa shape index (κ2) is 12.8. The Hall–Kier alpha value is -5.58. The summed E-state index contributed by atoms with van der Waals surface area (Å²) in [6, 6.07) is 19.1. The molecule has 0 saturated carbocycles. The van der Waals surface area contributed by atoms with Crippen molar-refractivity contribution in [1.29, 1.82) is 0 Å². The number of nitrogens with one attached hydrogen (secondary N) is 2. The van der Waals surface area contributed by atoms with E-state index in [9.17, 15) is 14.4 Å². The molecule has 1 heterocycles. The highest BCUT2D eigenvalue weighted by Crippen LogP contribution is 2.38. The van der Waals surface area contributed by atoms with Crippen molar-refractivity contribution < 1.29 is 37.7 Å². The number of amides is 2. The summed E-state index contributed by atoms with van der Waals surface area (Å²) in [4.78, 5) is 37.8. The van der Waals surface area contributed by atoms with Crippen LogP contribution in [-0.4, -0.2) is 45.3 Å². The molecular formula is C29H25N3O8. The molecule has 0 unspecified atom stereocenters. The van der Waals surface area contributed by atoms with Gasteiger partial charge in [0.1, 0.15) is 5.75 Å². The first kappa shape index (κ1) is 27.5. The van der Waals surface area contributed by atoms with E-state index in [2.05, 4.69) is 15.8 Å². The van der Waals surface area contributed by atoms with E-state index in [-0.39, 0.29) is 22.6 Å². The molecule has 0 spiro atoms. The number of esters is 1. The predicted octanol–water partition coefficient (Wildman–Crippen LogP) is 4.54. The number of benzene rings is 3. The summed E-state index contributed by atoms with van der Waals surface area (Å²) in [6.07, 6.45) is 2.74. The first-order valence-electron chi connectivity index (χ1n) is 11.8. The number of hydrogen-bond acceptors (Lipinski definition) is 9. The van der Waals surface area contributed by atoms with Crippen LogP contribution in [0, 0.1) is 0 Å². The molecule has 0 aliphatic rings. The van der Waals surface area contributed by atoms with Crippen LogP contribution >= 0.6 is 0 Å². The van der Waals surface area contributed by atoms with Gasteiger partial charge >= 0.3 is 5.97 Å². The van der Waals surface area contributed by atoms with Gasteiger partial charge in [-0.1, -0.05) is 18.2 Å². The summed E-state index contributed by atoms with van der Waals surface area (Å²) in [5.74, 6) is -0.332. The van der Waals surface area contributed by atoms with Crippen LogP contribution in [0.15, 0.2) is 88.6 Å². The molecule has 0 aliphatic heterocycles. The number of anilines is 1. The zero-order chi connectivity index (χ0) is 28.5. The molecule has 204 valence electrons. The van der Waals surface area contributed by atoms with Gasteiger partial charge in [-0.2, -0.15) is 5.10 Å². The molecule has 11 nitrogen and oxygen atoms in total. The largest absolute Gasteiger partial charge is 0.493 e. The summed E-state index contributed by atoms with van der Waals surface area (Å²) in [6.45, 7) is 0. The minimum absolute atomic E-state index is 0.143. The first-order chi connectivity index (χ1) is 19.4. The second-order valence-corrected chi connectivity index (χ2v) is 8.05. The molecule has 3 aromatic carbocycles. The normalized spacial score (nSPS) is 10.6. The van der Waals surface area contributed by atoms with Crippen LogP contribution in [0.25, 0.3) is 0 Å². The predicted molar refractivity (Wildman–Crippen MR) is 146 cm³/mol. The van der Waals surface area contributed by atoms with Gasteiger partial charge in [-0.3, -0.25) is 9.59 Å². The Balaban J connectivity index is 1.44. The smallest absolute Gasteiger partial charge is 0.343 e. The van der Waals surface area contributed by atoms with Crippen LogP contribution in [0.5, 0.6) is 23.0 Å². The Labute approximate surface area is 229 Å². The van der Waals surface area contributed by atoms with E-state index in [4.69, 9.17) is 23.4 Å². The number of hydrazone groups is 1. The number of hydrogen-bond donors (Lipinski definition) is 2. The lowest BCUT2D eigenvalue weighted by atomic mass is 10.1. The number of ether oxygens (including phenoxy) is 4. The van der Waals surface area contributed by atoms with Crippen molar-refractivity contribution >= 4 is 29.7 Å². The van der Waals surface area contributed by atoms with Gasteiger partial charge in [0.2, 0.25) is 5.75 Å². The maximum Gasteiger partial charge on any atom is 0.343 e. The van der Waals surface area contributed by atoms with E-state index in [1.165, 1.54) is 58.1 Å². The van der Waals surface area contributed by atoms with E-state index in [0.29, 0.717) is 28.5 Å². The number of para-hydroxylation sites is 1.